The summed E-state index contributed by atoms with van der Waals surface area (Å²) < 4.78 is 12.7. The molecule has 2 aromatic rings. The van der Waals surface area contributed by atoms with Crippen LogP contribution in [0.4, 0.5) is 5.69 Å². The second-order valence-corrected chi connectivity index (χ2v) is 9.47. The number of hydrogen-bond donors (Lipinski definition) is 4. The molecule has 4 rings (SSSR count). The van der Waals surface area contributed by atoms with Crippen LogP contribution in [0, 0.1) is 0 Å². The van der Waals surface area contributed by atoms with E-state index in [1.807, 2.05) is 36.4 Å². The van der Waals surface area contributed by atoms with Gasteiger partial charge in [-0.3, -0.25) is 14.5 Å². The van der Waals surface area contributed by atoms with E-state index in [0.29, 0.717) is 31.6 Å². The van der Waals surface area contributed by atoms with Crippen molar-refractivity contribution < 1.29 is 34.4 Å². The van der Waals surface area contributed by atoms with Crippen LogP contribution in [-0.4, -0.2) is 63.9 Å². The van der Waals surface area contributed by atoms with Gasteiger partial charge in [0.15, 0.2) is 6.29 Å². The SMILES string of the molecule is O=C(O)CCCC(=O)Nc1ccc([C@H]2O[C@@H](CN3CC[C@H](O)C3)C[C@@H](c3ccc(CO)cc3)O2)cc1. The Hall–Kier alpha value is -2.82. The number of aliphatic hydroxyl groups excluding tert-OH is 2. The second-order valence-electron chi connectivity index (χ2n) is 9.47. The fraction of sp³-hybridized carbons (Fsp3) is 0.481. The minimum absolute atomic E-state index is 0.0140. The molecule has 2 aliphatic heterocycles. The second kappa shape index (κ2) is 12.4. The number of anilines is 1. The van der Waals surface area contributed by atoms with Crippen molar-refractivity contribution in [3.05, 3.63) is 65.2 Å². The van der Waals surface area contributed by atoms with Crippen LogP contribution >= 0.6 is 0 Å². The largest absolute Gasteiger partial charge is 0.481 e. The van der Waals surface area contributed by atoms with Crippen molar-refractivity contribution in [3.8, 4) is 0 Å². The predicted molar refractivity (Wildman–Crippen MR) is 132 cm³/mol. The van der Waals surface area contributed by atoms with Crippen molar-refractivity contribution in [1.29, 1.82) is 0 Å². The van der Waals surface area contributed by atoms with Gasteiger partial charge in [-0.2, -0.15) is 0 Å². The third kappa shape index (κ3) is 7.35. The van der Waals surface area contributed by atoms with Gasteiger partial charge in [0.2, 0.25) is 5.91 Å². The standard InChI is InChI=1S/C27H34N2O7/c30-17-18-4-6-19(7-5-18)24-14-23(16-29-13-12-22(31)15-29)35-27(36-24)20-8-10-21(11-9-20)28-25(32)2-1-3-26(33)34/h4-11,22-24,27,30-31H,1-3,12-17H2,(H,28,32)(H,33,34)/t22-,23+,24-,27-/m0/s1. The first-order chi connectivity index (χ1) is 17.4. The maximum atomic E-state index is 12.1. The molecule has 0 spiro atoms. The van der Waals surface area contributed by atoms with Gasteiger partial charge in [-0.1, -0.05) is 36.4 Å². The molecular weight excluding hydrogens is 464 g/mol. The molecule has 0 aliphatic carbocycles. The number of nitrogens with zero attached hydrogens (tertiary/aromatic N) is 1. The molecule has 1 amide bonds. The fourth-order valence-corrected chi connectivity index (χ4v) is 4.65. The van der Waals surface area contributed by atoms with Crippen molar-refractivity contribution >= 4 is 17.6 Å². The summed E-state index contributed by atoms with van der Waals surface area (Å²) in [7, 11) is 0. The van der Waals surface area contributed by atoms with Crippen LogP contribution < -0.4 is 5.32 Å². The number of aliphatic hydroxyl groups is 2. The zero-order chi connectivity index (χ0) is 25.5. The highest BCUT2D eigenvalue weighted by atomic mass is 16.7. The molecule has 0 aromatic heterocycles. The number of carbonyl (C=O) groups is 2. The number of carboxylic acid groups (broad SMARTS) is 1. The maximum absolute atomic E-state index is 12.1. The van der Waals surface area contributed by atoms with Crippen molar-refractivity contribution in [2.24, 2.45) is 0 Å². The van der Waals surface area contributed by atoms with Crippen molar-refractivity contribution in [3.63, 3.8) is 0 Å². The molecule has 0 unspecified atom stereocenters. The molecular formula is C27H34N2O7. The lowest BCUT2D eigenvalue weighted by atomic mass is 9.99. The number of benzene rings is 2. The molecule has 0 saturated carbocycles. The summed E-state index contributed by atoms with van der Waals surface area (Å²) in [5.41, 5.74) is 3.29. The Morgan fingerprint density at radius 3 is 2.36 bits per heavy atom. The maximum Gasteiger partial charge on any atom is 0.303 e. The molecule has 2 heterocycles. The summed E-state index contributed by atoms with van der Waals surface area (Å²) >= 11 is 0. The van der Waals surface area contributed by atoms with Crippen LogP contribution in [0.25, 0.3) is 0 Å². The van der Waals surface area contributed by atoms with Gasteiger partial charge in [0.05, 0.1) is 24.9 Å². The van der Waals surface area contributed by atoms with Crippen LogP contribution in [0.2, 0.25) is 0 Å². The molecule has 2 aliphatic rings. The fourth-order valence-electron chi connectivity index (χ4n) is 4.65. The van der Waals surface area contributed by atoms with Crippen LogP contribution in [0.5, 0.6) is 0 Å². The molecule has 4 atom stereocenters. The van der Waals surface area contributed by atoms with Gasteiger partial charge in [-0.05, 0) is 36.1 Å². The van der Waals surface area contributed by atoms with E-state index in [1.165, 1.54) is 0 Å². The van der Waals surface area contributed by atoms with E-state index in [9.17, 15) is 19.8 Å². The molecule has 2 fully saturated rings. The summed E-state index contributed by atoms with van der Waals surface area (Å²) in [4.78, 5) is 24.9. The smallest absolute Gasteiger partial charge is 0.303 e. The molecule has 194 valence electrons. The Kier molecular flexibility index (Phi) is 9.06. The van der Waals surface area contributed by atoms with E-state index in [1.54, 1.807) is 12.1 Å². The van der Waals surface area contributed by atoms with E-state index in [0.717, 1.165) is 29.7 Å². The number of likely N-dealkylation sites (tertiary alicyclic amines) is 1. The third-order valence-electron chi connectivity index (χ3n) is 6.59. The Balaban J connectivity index is 1.43. The zero-order valence-corrected chi connectivity index (χ0v) is 20.2. The molecule has 0 bridgehead atoms. The van der Waals surface area contributed by atoms with Gasteiger partial charge in [-0.15, -0.1) is 0 Å². The van der Waals surface area contributed by atoms with E-state index in [-0.39, 0.29) is 43.7 Å². The highest BCUT2D eigenvalue weighted by molar-refractivity contribution is 5.90. The van der Waals surface area contributed by atoms with Gasteiger partial charge in [-0.25, -0.2) is 0 Å². The number of rotatable bonds is 10. The summed E-state index contributed by atoms with van der Waals surface area (Å²) in [6.07, 6.45) is 0.658. The van der Waals surface area contributed by atoms with Crippen LogP contribution in [0.3, 0.4) is 0 Å². The van der Waals surface area contributed by atoms with Crippen LogP contribution in [0.1, 0.15) is 61.2 Å². The summed E-state index contributed by atoms with van der Waals surface area (Å²) in [5, 5.41) is 30.8. The number of β-amino-alcohol motifs (C(OH)–C–C–N with tert-alkyl or cyclic N) is 1. The van der Waals surface area contributed by atoms with Gasteiger partial charge < -0.3 is 30.1 Å². The normalized spacial score (nSPS) is 24.5. The van der Waals surface area contributed by atoms with Crippen LogP contribution in [-0.2, 0) is 25.7 Å². The highest BCUT2D eigenvalue weighted by Crippen LogP contribution is 2.38. The number of carboxylic acids is 1. The van der Waals surface area contributed by atoms with Gasteiger partial charge >= 0.3 is 5.97 Å². The minimum Gasteiger partial charge on any atom is -0.481 e. The first-order valence-electron chi connectivity index (χ1n) is 12.4. The minimum atomic E-state index is -0.915. The Bertz CT molecular complexity index is 1010. The van der Waals surface area contributed by atoms with Gasteiger partial charge in [0, 0.05) is 50.1 Å². The zero-order valence-electron chi connectivity index (χ0n) is 20.2. The molecule has 9 nitrogen and oxygen atoms in total. The first kappa shape index (κ1) is 26.2. The number of amides is 1. The number of nitrogens with one attached hydrogen (secondary N) is 1. The van der Waals surface area contributed by atoms with Crippen LogP contribution in [0.15, 0.2) is 48.5 Å². The number of ether oxygens (including phenoxy) is 2. The lowest BCUT2D eigenvalue weighted by Gasteiger charge is -2.37. The average molecular weight is 499 g/mol. The quantitative estimate of drug-likeness (QED) is 0.394. The molecule has 9 heteroatoms. The monoisotopic (exact) mass is 498 g/mol. The molecule has 0 radical (unpaired) electrons. The molecule has 2 saturated heterocycles. The van der Waals surface area contributed by atoms with Crippen molar-refractivity contribution in [1.82, 2.24) is 4.90 Å². The van der Waals surface area contributed by atoms with E-state index in [2.05, 4.69) is 10.2 Å². The summed E-state index contributed by atoms with van der Waals surface area (Å²) in [5.74, 6) is -1.14. The van der Waals surface area contributed by atoms with Gasteiger partial charge in [0.1, 0.15) is 0 Å². The van der Waals surface area contributed by atoms with Crippen molar-refractivity contribution in [2.45, 2.75) is 63.3 Å². The topological polar surface area (TPSA) is 129 Å². The summed E-state index contributed by atoms with van der Waals surface area (Å²) in [6.45, 7) is 2.16. The predicted octanol–water partition coefficient (Wildman–Crippen LogP) is 2.98. The Labute approximate surface area is 210 Å². The Morgan fingerprint density at radius 2 is 1.72 bits per heavy atom. The molecule has 4 N–H and O–H groups in total. The lowest BCUT2D eigenvalue weighted by molar-refractivity contribution is -0.252. The Morgan fingerprint density at radius 1 is 1.00 bits per heavy atom. The highest BCUT2D eigenvalue weighted by Gasteiger charge is 2.34. The number of hydrogen-bond acceptors (Lipinski definition) is 7. The molecule has 2 aromatic carbocycles. The van der Waals surface area contributed by atoms with E-state index >= 15 is 0 Å². The lowest BCUT2D eigenvalue weighted by Crippen LogP contribution is -2.38. The summed E-state index contributed by atoms with van der Waals surface area (Å²) in [6, 6.07) is 15.0. The number of aliphatic carboxylic acids is 1. The average Bonchev–Trinajstić information content (AvgIpc) is 3.28. The van der Waals surface area contributed by atoms with Crippen molar-refractivity contribution in [2.75, 3.05) is 25.0 Å². The third-order valence-corrected chi connectivity index (χ3v) is 6.59. The number of carbonyl (C=O) groups excluding carboxylic acids is 1. The van der Waals surface area contributed by atoms with E-state index < -0.39 is 12.3 Å². The first-order valence-corrected chi connectivity index (χ1v) is 12.4. The van der Waals surface area contributed by atoms with E-state index in [4.69, 9.17) is 14.6 Å². The van der Waals surface area contributed by atoms with Gasteiger partial charge in [0.25, 0.3) is 0 Å². The molecule has 36 heavy (non-hydrogen) atoms.